The third-order valence-electron chi connectivity index (χ3n) is 3.37. The number of nitrogens with zero attached hydrogens (tertiary/aromatic N) is 1. The third-order valence-corrected chi connectivity index (χ3v) is 3.37. The molecule has 1 atom stereocenters. The first kappa shape index (κ1) is 16.0. The summed E-state index contributed by atoms with van der Waals surface area (Å²) in [6.07, 6.45) is 1.67. The SMILES string of the molecule is CC(Nc1ccc(NC(=O)C(C)(C)C)cn1)c1ccccc1. The average molecular weight is 297 g/mol. The van der Waals surface area contributed by atoms with Crippen molar-refractivity contribution in [3.05, 3.63) is 54.2 Å². The topological polar surface area (TPSA) is 54.0 Å². The van der Waals surface area contributed by atoms with E-state index < -0.39 is 5.41 Å². The van der Waals surface area contributed by atoms with Gasteiger partial charge < -0.3 is 10.6 Å². The molecule has 0 saturated carbocycles. The van der Waals surface area contributed by atoms with Crippen LogP contribution < -0.4 is 10.6 Å². The maximum Gasteiger partial charge on any atom is 0.229 e. The molecule has 116 valence electrons. The largest absolute Gasteiger partial charge is 0.364 e. The minimum atomic E-state index is -0.418. The Morgan fingerprint density at radius 1 is 1.09 bits per heavy atom. The van der Waals surface area contributed by atoms with E-state index in [4.69, 9.17) is 0 Å². The Kier molecular flexibility index (Phi) is 4.81. The van der Waals surface area contributed by atoms with Gasteiger partial charge in [0, 0.05) is 11.5 Å². The van der Waals surface area contributed by atoms with E-state index in [1.165, 1.54) is 5.56 Å². The molecule has 0 radical (unpaired) electrons. The highest BCUT2D eigenvalue weighted by Gasteiger charge is 2.21. The molecule has 4 nitrogen and oxygen atoms in total. The molecule has 0 aliphatic rings. The second kappa shape index (κ2) is 6.60. The number of carbonyl (C=O) groups excluding carboxylic acids is 1. The summed E-state index contributed by atoms with van der Waals surface area (Å²) in [6, 6.07) is 14.1. The molecule has 1 aromatic heterocycles. The van der Waals surface area contributed by atoms with Crippen LogP contribution in [0.2, 0.25) is 0 Å². The van der Waals surface area contributed by atoms with Crippen LogP contribution in [0, 0.1) is 5.41 Å². The predicted octanol–water partition coefficient (Wildman–Crippen LogP) is 4.24. The zero-order chi connectivity index (χ0) is 16.2. The van der Waals surface area contributed by atoms with Crippen LogP contribution in [-0.4, -0.2) is 10.9 Å². The Labute approximate surface area is 132 Å². The number of nitrogens with one attached hydrogen (secondary N) is 2. The number of rotatable bonds is 4. The Hall–Kier alpha value is -2.36. The summed E-state index contributed by atoms with van der Waals surface area (Å²) in [5, 5.41) is 6.21. The summed E-state index contributed by atoms with van der Waals surface area (Å²) in [4.78, 5) is 16.3. The van der Waals surface area contributed by atoms with Gasteiger partial charge in [0.25, 0.3) is 0 Å². The van der Waals surface area contributed by atoms with Gasteiger partial charge in [-0.1, -0.05) is 51.1 Å². The molecular weight excluding hydrogens is 274 g/mol. The van der Waals surface area contributed by atoms with Crippen molar-refractivity contribution in [1.29, 1.82) is 0 Å². The Bertz CT molecular complexity index is 615. The number of hydrogen-bond acceptors (Lipinski definition) is 3. The summed E-state index contributed by atoms with van der Waals surface area (Å²) in [7, 11) is 0. The number of pyridine rings is 1. The van der Waals surface area contributed by atoms with Crippen LogP contribution in [0.3, 0.4) is 0 Å². The number of carbonyl (C=O) groups is 1. The van der Waals surface area contributed by atoms with Crippen molar-refractivity contribution in [3.8, 4) is 0 Å². The molecule has 0 fully saturated rings. The fourth-order valence-electron chi connectivity index (χ4n) is 1.92. The van der Waals surface area contributed by atoms with Crippen LogP contribution in [0.4, 0.5) is 11.5 Å². The molecule has 2 N–H and O–H groups in total. The standard InChI is InChI=1S/C18H23N3O/c1-13(14-8-6-5-7-9-14)20-16-11-10-15(12-19-16)21-17(22)18(2,3)4/h5-13H,1-4H3,(H,19,20)(H,21,22). The second-order valence-corrected chi connectivity index (χ2v) is 6.41. The Morgan fingerprint density at radius 2 is 1.77 bits per heavy atom. The van der Waals surface area contributed by atoms with Crippen LogP contribution in [0.5, 0.6) is 0 Å². The van der Waals surface area contributed by atoms with E-state index >= 15 is 0 Å². The minimum Gasteiger partial charge on any atom is -0.364 e. The van der Waals surface area contributed by atoms with Crippen LogP contribution in [0.1, 0.15) is 39.3 Å². The van der Waals surface area contributed by atoms with Gasteiger partial charge in [0.15, 0.2) is 0 Å². The molecule has 2 rings (SSSR count). The van der Waals surface area contributed by atoms with Gasteiger partial charge in [0.1, 0.15) is 5.82 Å². The summed E-state index contributed by atoms with van der Waals surface area (Å²) >= 11 is 0. The van der Waals surface area contributed by atoms with Gasteiger partial charge in [-0.25, -0.2) is 4.98 Å². The van der Waals surface area contributed by atoms with Crippen LogP contribution in [0.15, 0.2) is 48.7 Å². The van der Waals surface area contributed by atoms with Gasteiger partial charge >= 0.3 is 0 Å². The van der Waals surface area contributed by atoms with Gasteiger partial charge in [0.2, 0.25) is 5.91 Å². The first-order chi connectivity index (χ1) is 10.4. The van der Waals surface area contributed by atoms with Crippen molar-refractivity contribution in [2.45, 2.75) is 33.7 Å². The lowest BCUT2D eigenvalue weighted by molar-refractivity contribution is -0.123. The molecule has 0 aliphatic heterocycles. The highest BCUT2D eigenvalue weighted by molar-refractivity contribution is 5.94. The van der Waals surface area contributed by atoms with Crippen molar-refractivity contribution < 1.29 is 4.79 Å². The number of amides is 1. The Morgan fingerprint density at radius 3 is 2.32 bits per heavy atom. The molecule has 0 saturated heterocycles. The molecule has 4 heteroatoms. The monoisotopic (exact) mass is 297 g/mol. The molecule has 1 heterocycles. The van der Waals surface area contributed by atoms with Gasteiger partial charge in [-0.05, 0) is 24.6 Å². The van der Waals surface area contributed by atoms with E-state index in [1.54, 1.807) is 6.20 Å². The molecule has 22 heavy (non-hydrogen) atoms. The molecule has 1 aromatic carbocycles. The lowest BCUT2D eigenvalue weighted by Gasteiger charge is -2.18. The molecule has 1 amide bonds. The summed E-state index contributed by atoms with van der Waals surface area (Å²) < 4.78 is 0. The highest BCUT2D eigenvalue weighted by Crippen LogP contribution is 2.20. The van der Waals surface area contributed by atoms with E-state index in [9.17, 15) is 4.79 Å². The maximum absolute atomic E-state index is 11.9. The number of benzene rings is 1. The van der Waals surface area contributed by atoms with Crippen molar-refractivity contribution in [3.63, 3.8) is 0 Å². The molecular formula is C18H23N3O. The van der Waals surface area contributed by atoms with Crippen molar-refractivity contribution in [2.75, 3.05) is 10.6 Å². The van der Waals surface area contributed by atoms with E-state index in [-0.39, 0.29) is 11.9 Å². The van der Waals surface area contributed by atoms with E-state index in [0.717, 1.165) is 5.82 Å². The lowest BCUT2D eigenvalue weighted by Crippen LogP contribution is -2.27. The quantitative estimate of drug-likeness (QED) is 0.887. The normalized spacial score (nSPS) is 12.5. The fourth-order valence-corrected chi connectivity index (χ4v) is 1.92. The molecule has 0 bridgehead atoms. The van der Waals surface area contributed by atoms with Crippen LogP contribution >= 0.6 is 0 Å². The zero-order valence-corrected chi connectivity index (χ0v) is 13.6. The van der Waals surface area contributed by atoms with E-state index in [1.807, 2.05) is 51.1 Å². The highest BCUT2D eigenvalue weighted by atomic mass is 16.2. The molecule has 0 spiro atoms. The van der Waals surface area contributed by atoms with E-state index in [0.29, 0.717) is 5.69 Å². The van der Waals surface area contributed by atoms with Crippen LogP contribution in [-0.2, 0) is 4.79 Å². The molecule has 2 aromatic rings. The van der Waals surface area contributed by atoms with Crippen LogP contribution in [0.25, 0.3) is 0 Å². The van der Waals surface area contributed by atoms with Gasteiger partial charge in [-0.3, -0.25) is 4.79 Å². The summed E-state index contributed by atoms with van der Waals surface area (Å²) in [6.45, 7) is 7.74. The number of aromatic nitrogens is 1. The first-order valence-electron chi connectivity index (χ1n) is 7.45. The average Bonchev–Trinajstić information content (AvgIpc) is 2.49. The van der Waals surface area contributed by atoms with Gasteiger partial charge in [-0.2, -0.15) is 0 Å². The van der Waals surface area contributed by atoms with Gasteiger partial charge in [-0.15, -0.1) is 0 Å². The van der Waals surface area contributed by atoms with Crippen molar-refractivity contribution in [2.24, 2.45) is 5.41 Å². The van der Waals surface area contributed by atoms with Crippen molar-refractivity contribution in [1.82, 2.24) is 4.98 Å². The van der Waals surface area contributed by atoms with Gasteiger partial charge in [0.05, 0.1) is 11.9 Å². The first-order valence-corrected chi connectivity index (χ1v) is 7.45. The molecule has 0 aliphatic carbocycles. The minimum absolute atomic E-state index is 0.0207. The van der Waals surface area contributed by atoms with Crippen molar-refractivity contribution >= 4 is 17.4 Å². The third kappa shape index (κ3) is 4.32. The lowest BCUT2D eigenvalue weighted by atomic mass is 9.96. The predicted molar refractivity (Wildman–Crippen MR) is 90.8 cm³/mol. The number of anilines is 2. The van der Waals surface area contributed by atoms with E-state index in [2.05, 4.69) is 34.7 Å². The second-order valence-electron chi connectivity index (χ2n) is 6.41. The Balaban J connectivity index is 1.99. The number of hydrogen-bond donors (Lipinski definition) is 2. The zero-order valence-electron chi connectivity index (χ0n) is 13.6. The fraction of sp³-hybridized carbons (Fsp3) is 0.333. The maximum atomic E-state index is 11.9. The molecule has 1 unspecified atom stereocenters. The smallest absolute Gasteiger partial charge is 0.229 e. The summed E-state index contributed by atoms with van der Waals surface area (Å²) in [5.41, 5.74) is 1.49. The summed E-state index contributed by atoms with van der Waals surface area (Å²) in [5.74, 6) is 0.762.